The topological polar surface area (TPSA) is 41.1 Å². The second-order valence-corrected chi connectivity index (χ2v) is 5.37. The molecule has 1 atom stereocenters. The summed E-state index contributed by atoms with van der Waals surface area (Å²) in [5, 5.41) is 6.21. The fourth-order valence-electron chi connectivity index (χ4n) is 1.93. The van der Waals surface area contributed by atoms with Crippen LogP contribution in [0.3, 0.4) is 0 Å². The SMILES string of the molecule is O=C(CC1CCNC1)Nc1cccc(I)c1. The Morgan fingerprint density at radius 2 is 2.44 bits per heavy atom. The first-order valence-electron chi connectivity index (χ1n) is 5.50. The average Bonchev–Trinajstić information content (AvgIpc) is 2.70. The molecule has 1 heterocycles. The highest BCUT2D eigenvalue weighted by atomic mass is 127. The van der Waals surface area contributed by atoms with Crippen molar-refractivity contribution in [3.63, 3.8) is 0 Å². The first kappa shape index (κ1) is 11.9. The molecule has 2 rings (SSSR count). The summed E-state index contributed by atoms with van der Waals surface area (Å²) in [5.74, 6) is 0.624. The number of carbonyl (C=O) groups is 1. The van der Waals surface area contributed by atoms with Gasteiger partial charge in [0.15, 0.2) is 0 Å². The Bertz CT molecular complexity index is 375. The van der Waals surface area contributed by atoms with E-state index in [1.807, 2.05) is 24.3 Å². The van der Waals surface area contributed by atoms with Gasteiger partial charge in [-0.25, -0.2) is 0 Å². The number of anilines is 1. The van der Waals surface area contributed by atoms with Crippen molar-refractivity contribution in [2.75, 3.05) is 18.4 Å². The molecule has 0 saturated carbocycles. The van der Waals surface area contributed by atoms with Crippen LogP contribution in [0.2, 0.25) is 0 Å². The average molecular weight is 330 g/mol. The van der Waals surface area contributed by atoms with Gasteiger partial charge in [0, 0.05) is 15.7 Å². The lowest BCUT2D eigenvalue weighted by atomic mass is 10.0. The van der Waals surface area contributed by atoms with Gasteiger partial charge < -0.3 is 10.6 Å². The fourth-order valence-corrected chi connectivity index (χ4v) is 2.47. The molecule has 2 N–H and O–H groups in total. The molecule has 1 saturated heterocycles. The van der Waals surface area contributed by atoms with Gasteiger partial charge in [-0.3, -0.25) is 4.79 Å². The summed E-state index contributed by atoms with van der Waals surface area (Å²) in [6, 6.07) is 7.87. The molecule has 0 spiro atoms. The van der Waals surface area contributed by atoms with Crippen LogP contribution in [0, 0.1) is 9.49 Å². The van der Waals surface area contributed by atoms with Crippen LogP contribution in [-0.2, 0) is 4.79 Å². The molecule has 4 heteroatoms. The van der Waals surface area contributed by atoms with E-state index in [0.29, 0.717) is 12.3 Å². The van der Waals surface area contributed by atoms with Crippen LogP contribution >= 0.6 is 22.6 Å². The van der Waals surface area contributed by atoms with Crippen LogP contribution in [0.1, 0.15) is 12.8 Å². The smallest absolute Gasteiger partial charge is 0.224 e. The summed E-state index contributed by atoms with van der Waals surface area (Å²) >= 11 is 2.24. The number of rotatable bonds is 3. The standard InChI is InChI=1S/C12H15IN2O/c13-10-2-1-3-11(7-10)15-12(16)6-9-4-5-14-8-9/h1-3,7,9,14H,4-6,8H2,(H,15,16). The zero-order valence-electron chi connectivity index (χ0n) is 9.00. The molecule has 0 radical (unpaired) electrons. The van der Waals surface area contributed by atoms with E-state index in [0.717, 1.165) is 28.8 Å². The molecule has 1 unspecified atom stereocenters. The van der Waals surface area contributed by atoms with Crippen molar-refractivity contribution in [1.29, 1.82) is 0 Å². The van der Waals surface area contributed by atoms with Gasteiger partial charge in [-0.05, 0) is 66.2 Å². The predicted molar refractivity (Wildman–Crippen MR) is 73.4 cm³/mol. The van der Waals surface area contributed by atoms with E-state index in [9.17, 15) is 4.79 Å². The van der Waals surface area contributed by atoms with E-state index >= 15 is 0 Å². The molecular formula is C12H15IN2O. The van der Waals surface area contributed by atoms with Crippen molar-refractivity contribution in [2.45, 2.75) is 12.8 Å². The summed E-state index contributed by atoms with van der Waals surface area (Å²) in [5.41, 5.74) is 0.892. The normalized spacial score (nSPS) is 19.7. The highest BCUT2D eigenvalue weighted by molar-refractivity contribution is 14.1. The lowest BCUT2D eigenvalue weighted by molar-refractivity contribution is -0.116. The molecular weight excluding hydrogens is 315 g/mol. The minimum Gasteiger partial charge on any atom is -0.326 e. The molecule has 0 aromatic heterocycles. The molecule has 1 aromatic carbocycles. The summed E-state index contributed by atoms with van der Waals surface area (Å²) < 4.78 is 1.14. The van der Waals surface area contributed by atoms with Crippen LogP contribution in [0.25, 0.3) is 0 Å². The first-order valence-corrected chi connectivity index (χ1v) is 6.58. The molecule has 3 nitrogen and oxygen atoms in total. The Balaban J connectivity index is 1.86. The molecule has 1 aromatic rings. The Morgan fingerprint density at radius 1 is 1.56 bits per heavy atom. The second-order valence-electron chi connectivity index (χ2n) is 4.12. The maximum Gasteiger partial charge on any atom is 0.224 e. The maximum absolute atomic E-state index is 11.7. The second kappa shape index (κ2) is 5.63. The molecule has 1 aliphatic rings. The number of carbonyl (C=O) groups excluding carboxylic acids is 1. The van der Waals surface area contributed by atoms with E-state index in [1.54, 1.807) is 0 Å². The fraction of sp³-hybridized carbons (Fsp3) is 0.417. The molecule has 0 bridgehead atoms. The van der Waals surface area contributed by atoms with Gasteiger partial charge in [0.1, 0.15) is 0 Å². The van der Waals surface area contributed by atoms with Crippen LogP contribution in [0.15, 0.2) is 24.3 Å². The zero-order valence-corrected chi connectivity index (χ0v) is 11.2. The van der Waals surface area contributed by atoms with Crippen LogP contribution < -0.4 is 10.6 Å². The number of nitrogens with one attached hydrogen (secondary N) is 2. The third kappa shape index (κ3) is 3.45. The van der Waals surface area contributed by atoms with Gasteiger partial charge in [-0.1, -0.05) is 6.07 Å². The molecule has 1 fully saturated rings. The maximum atomic E-state index is 11.7. The number of hydrogen-bond donors (Lipinski definition) is 2. The van der Waals surface area contributed by atoms with Crippen LogP contribution in [0.5, 0.6) is 0 Å². The van der Waals surface area contributed by atoms with E-state index in [1.165, 1.54) is 0 Å². The van der Waals surface area contributed by atoms with Gasteiger partial charge >= 0.3 is 0 Å². The summed E-state index contributed by atoms with van der Waals surface area (Å²) in [6.07, 6.45) is 1.73. The van der Waals surface area contributed by atoms with Crippen molar-refractivity contribution < 1.29 is 4.79 Å². The number of benzene rings is 1. The van der Waals surface area contributed by atoms with Crippen molar-refractivity contribution >= 4 is 34.2 Å². The van der Waals surface area contributed by atoms with Gasteiger partial charge in [0.2, 0.25) is 5.91 Å². The van der Waals surface area contributed by atoms with E-state index in [-0.39, 0.29) is 5.91 Å². The van der Waals surface area contributed by atoms with E-state index in [2.05, 4.69) is 33.2 Å². The quantitative estimate of drug-likeness (QED) is 0.835. The summed E-state index contributed by atoms with van der Waals surface area (Å²) in [7, 11) is 0. The first-order chi connectivity index (χ1) is 7.74. The number of amides is 1. The lowest BCUT2D eigenvalue weighted by Gasteiger charge is -2.09. The van der Waals surface area contributed by atoms with Gasteiger partial charge in [0.05, 0.1) is 0 Å². The Morgan fingerprint density at radius 3 is 3.12 bits per heavy atom. The molecule has 1 aliphatic heterocycles. The van der Waals surface area contributed by atoms with Gasteiger partial charge in [-0.15, -0.1) is 0 Å². The van der Waals surface area contributed by atoms with Crippen molar-refractivity contribution in [1.82, 2.24) is 5.32 Å². The largest absolute Gasteiger partial charge is 0.326 e. The van der Waals surface area contributed by atoms with Crippen molar-refractivity contribution in [3.8, 4) is 0 Å². The molecule has 1 amide bonds. The third-order valence-electron chi connectivity index (χ3n) is 2.74. The minimum absolute atomic E-state index is 0.121. The third-order valence-corrected chi connectivity index (χ3v) is 3.42. The van der Waals surface area contributed by atoms with Gasteiger partial charge in [0.25, 0.3) is 0 Å². The Kier molecular flexibility index (Phi) is 4.17. The highest BCUT2D eigenvalue weighted by Crippen LogP contribution is 2.16. The van der Waals surface area contributed by atoms with Gasteiger partial charge in [-0.2, -0.15) is 0 Å². The van der Waals surface area contributed by atoms with Crippen LogP contribution in [-0.4, -0.2) is 19.0 Å². The van der Waals surface area contributed by atoms with Crippen molar-refractivity contribution in [2.24, 2.45) is 5.92 Å². The van der Waals surface area contributed by atoms with E-state index in [4.69, 9.17) is 0 Å². The molecule has 16 heavy (non-hydrogen) atoms. The molecule has 86 valence electrons. The van der Waals surface area contributed by atoms with Crippen molar-refractivity contribution in [3.05, 3.63) is 27.8 Å². The molecule has 0 aliphatic carbocycles. The summed E-state index contributed by atoms with van der Waals surface area (Å²) in [6.45, 7) is 2.01. The van der Waals surface area contributed by atoms with E-state index < -0.39 is 0 Å². The predicted octanol–water partition coefficient (Wildman–Crippen LogP) is 2.23. The Hall–Kier alpha value is -0.620. The monoisotopic (exact) mass is 330 g/mol. The minimum atomic E-state index is 0.121. The summed E-state index contributed by atoms with van der Waals surface area (Å²) in [4.78, 5) is 11.7. The number of halogens is 1. The Labute approximate surface area is 109 Å². The van der Waals surface area contributed by atoms with Crippen LogP contribution in [0.4, 0.5) is 5.69 Å². The zero-order chi connectivity index (χ0) is 11.4. The lowest BCUT2D eigenvalue weighted by Crippen LogP contribution is -2.18. The highest BCUT2D eigenvalue weighted by Gasteiger charge is 2.17. The number of hydrogen-bond acceptors (Lipinski definition) is 2.